The molecule has 1 nitrogen and oxygen atoms in total. The fraction of sp³-hybridized carbons (Fsp3) is 0.250. The number of nitrogens with zero attached hydrogens (tertiary/aromatic N) is 1. The minimum atomic E-state index is -5.08. The molecule has 0 amide bonds. The summed E-state index contributed by atoms with van der Waals surface area (Å²) < 4.78 is 72.5. The van der Waals surface area contributed by atoms with Crippen molar-refractivity contribution in [2.75, 3.05) is 4.42 Å². The molecular weight excluding hydrogens is 260 g/mol. The van der Waals surface area contributed by atoms with E-state index in [9.17, 15) is 26.3 Å². The van der Waals surface area contributed by atoms with Crippen molar-refractivity contribution >= 4 is 17.5 Å². The normalized spacial score (nSPS) is 12.7. The van der Waals surface area contributed by atoms with Crippen LogP contribution in [0.4, 0.5) is 32.0 Å². The Morgan fingerprint density at radius 1 is 0.938 bits per heavy atom. The van der Waals surface area contributed by atoms with Crippen LogP contribution in [-0.2, 0) is 6.18 Å². The van der Waals surface area contributed by atoms with Gasteiger partial charge >= 0.3 is 12.5 Å². The van der Waals surface area contributed by atoms with Gasteiger partial charge in [0.2, 0.25) is 0 Å². The summed E-state index contributed by atoms with van der Waals surface area (Å²) in [5.41, 5.74) is -2.59. The molecule has 0 saturated carbocycles. The SMILES string of the molecule is FC(F)(F)c1ccccc1N(Cl)C(F)(F)F. The van der Waals surface area contributed by atoms with Crippen molar-refractivity contribution in [1.29, 1.82) is 0 Å². The van der Waals surface area contributed by atoms with Crippen LogP contribution >= 0.6 is 11.8 Å². The second kappa shape index (κ2) is 4.04. The molecule has 8 heteroatoms. The van der Waals surface area contributed by atoms with E-state index in [1.807, 2.05) is 0 Å². The van der Waals surface area contributed by atoms with Crippen LogP contribution in [0.25, 0.3) is 0 Å². The summed E-state index contributed by atoms with van der Waals surface area (Å²) in [6.45, 7) is 0. The molecule has 0 atom stereocenters. The average molecular weight is 264 g/mol. The van der Waals surface area contributed by atoms with E-state index in [1.165, 1.54) is 0 Å². The van der Waals surface area contributed by atoms with Gasteiger partial charge < -0.3 is 0 Å². The van der Waals surface area contributed by atoms with E-state index in [4.69, 9.17) is 11.8 Å². The molecule has 0 aliphatic heterocycles. The second-order valence-electron chi connectivity index (χ2n) is 2.76. The number of anilines is 1. The maximum Gasteiger partial charge on any atom is 0.499 e. The van der Waals surface area contributed by atoms with Crippen LogP contribution in [0, 0.1) is 0 Å². The molecule has 1 aromatic carbocycles. The van der Waals surface area contributed by atoms with Gasteiger partial charge in [0, 0.05) is 11.8 Å². The zero-order valence-corrected chi connectivity index (χ0v) is 8.16. The first-order chi connectivity index (χ1) is 7.14. The molecule has 0 N–H and O–H groups in total. The first-order valence-corrected chi connectivity index (χ1v) is 4.17. The first-order valence-electron chi connectivity index (χ1n) is 3.83. The molecule has 0 unspecified atom stereocenters. The molecule has 1 aromatic rings. The highest BCUT2D eigenvalue weighted by Gasteiger charge is 2.42. The number of hydrogen-bond acceptors (Lipinski definition) is 1. The lowest BCUT2D eigenvalue weighted by Gasteiger charge is -2.22. The van der Waals surface area contributed by atoms with Crippen LogP contribution in [0.3, 0.4) is 0 Å². The highest BCUT2D eigenvalue weighted by atomic mass is 35.5. The number of alkyl halides is 6. The fourth-order valence-electron chi connectivity index (χ4n) is 1.02. The van der Waals surface area contributed by atoms with Gasteiger partial charge in [0.15, 0.2) is 0 Å². The van der Waals surface area contributed by atoms with E-state index in [0.29, 0.717) is 12.1 Å². The van der Waals surface area contributed by atoms with Crippen molar-refractivity contribution in [2.45, 2.75) is 12.5 Å². The molecule has 0 aliphatic rings. The lowest BCUT2D eigenvalue weighted by Crippen LogP contribution is -2.30. The van der Waals surface area contributed by atoms with E-state index >= 15 is 0 Å². The molecule has 0 saturated heterocycles. The van der Waals surface area contributed by atoms with Crippen LogP contribution in [0.1, 0.15) is 5.56 Å². The van der Waals surface area contributed by atoms with E-state index in [2.05, 4.69) is 0 Å². The largest absolute Gasteiger partial charge is 0.499 e. The third-order valence-electron chi connectivity index (χ3n) is 1.64. The molecular formula is C8H4ClF6N. The van der Waals surface area contributed by atoms with Gasteiger partial charge in [0.05, 0.1) is 11.3 Å². The smallest absolute Gasteiger partial charge is 0.192 e. The predicted octanol–water partition coefficient (Wildman–Crippen LogP) is 4.19. The summed E-state index contributed by atoms with van der Waals surface area (Å²) in [4.78, 5) is 0. The average Bonchev–Trinajstić information content (AvgIpc) is 2.14. The van der Waals surface area contributed by atoms with Crippen molar-refractivity contribution < 1.29 is 26.3 Å². The Morgan fingerprint density at radius 3 is 1.88 bits per heavy atom. The molecule has 90 valence electrons. The Hall–Kier alpha value is -1.11. The van der Waals surface area contributed by atoms with Gasteiger partial charge in [-0.3, -0.25) is 0 Å². The Balaban J connectivity index is 3.25. The highest BCUT2D eigenvalue weighted by Crippen LogP contribution is 2.40. The van der Waals surface area contributed by atoms with Crippen molar-refractivity contribution in [3.8, 4) is 0 Å². The summed E-state index contributed by atoms with van der Waals surface area (Å²) in [5, 5.41) is 0. The van der Waals surface area contributed by atoms with Crippen LogP contribution in [0.15, 0.2) is 24.3 Å². The minimum Gasteiger partial charge on any atom is -0.192 e. The molecule has 16 heavy (non-hydrogen) atoms. The van der Waals surface area contributed by atoms with Crippen molar-refractivity contribution in [3.05, 3.63) is 29.8 Å². The standard InChI is InChI=1S/C8H4ClF6N/c9-16(8(13,14)15)6-4-2-1-3-5(6)7(10,11)12/h1-4H. The van der Waals surface area contributed by atoms with E-state index in [1.54, 1.807) is 0 Å². The van der Waals surface area contributed by atoms with Crippen molar-refractivity contribution in [3.63, 3.8) is 0 Å². The topological polar surface area (TPSA) is 3.24 Å². The summed E-state index contributed by atoms with van der Waals surface area (Å²) in [6, 6.07) is 3.18. The summed E-state index contributed by atoms with van der Waals surface area (Å²) in [6.07, 6.45) is -9.97. The van der Waals surface area contributed by atoms with Gasteiger partial charge in [-0.1, -0.05) is 12.1 Å². The Morgan fingerprint density at radius 2 is 1.44 bits per heavy atom. The maximum atomic E-state index is 12.3. The van der Waals surface area contributed by atoms with Gasteiger partial charge in [-0.2, -0.15) is 17.6 Å². The van der Waals surface area contributed by atoms with Gasteiger partial charge in [0.25, 0.3) is 0 Å². The molecule has 0 aromatic heterocycles. The molecule has 0 heterocycles. The van der Waals surface area contributed by atoms with Gasteiger partial charge in [-0.15, -0.1) is 13.2 Å². The van der Waals surface area contributed by atoms with Gasteiger partial charge in [-0.25, -0.2) is 0 Å². The monoisotopic (exact) mass is 263 g/mol. The van der Waals surface area contributed by atoms with Gasteiger partial charge in [-0.05, 0) is 12.1 Å². The van der Waals surface area contributed by atoms with Gasteiger partial charge in [0.1, 0.15) is 0 Å². The van der Waals surface area contributed by atoms with Crippen LogP contribution < -0.4 is 4.42 Å². The first kappa shape index (κ1) is 13.0. The van der Waals surface area contributed by atoms with E-state index in [-0.39, 0.29) is 0 Å². The summed E-state index contributed by atoms with van der Waals surface area (Å²) in [7, 11) is 0. The van der Waals surface area contributed by atoms with E-state index in [0.717, 1.165) is 12.1 Å². The molecule has 0 fully saturated rings. The quantitative estimate of drug-likeness (QED) is 0.417. The van der Waals surface area contributed by atoms with Crippen LogP contribution in [0.5, 0.6) is 0 Å². The minimum absolute atomic E-state index is 0.524. The third kappa shape index (κ3) is 2.72. The summed E-state index contributed by atoms with van der Waals surface area (Å²) >= 11 is 4.80. The summed E-state index contributed by atoms with van der Waals surface area (Å²) in [5.74, 6) is 0. The Labute approximate surface area is 91.3 Å². The van der Waals surface area contributed by atoms with Crippen LogP contribution in [-0.4, -0.2) is 6.30 Å². The van der Waals surface area contributed by atoms with Crippen LogP contribution in [0.2, 0.25) is 0 Å². The number of halogens is 7. The molecule has 1 rings (SSSR count). The zero-order chi connectivity index (χ0) is 12.6. The Bertz CT molecular complexity index is 372. The zero-order valence-electron chi connectivity index (χ0n) is 7.40. The maximum absolute atomic E-state index is 12.3. The molecule has 0 spiro atoms. The Kier molecular flexibility index (Phi) is 3.27. The molecule has 0 radical (unpaired) electrons. The molecule has 0 aliphatic carbocycles. The fourth-order valence-corrected chi connectivity index (χ4v) is 1.17. The second-order valence-corrected chi connectivity index (χ2v) is 3.10. The number of benzene rings is 1. The van der Waals surface area contributed by atoms with E-state index < -0.39 is 28.1 Å². The van der Waals surface area contributed by atoms with Crippen molar-refractivity contribution in [2.24, 2.45) is 0 Å². The lowest BCUT2D eigenvalue weighted by atomic mass is 10.1. The third-order valence-corrected chi connectivity index (χ3v) is 2.02. The highest BCUT2D eigenvalue weighted by molar-refractivity contribution is 6.26. The predicted molar refractivity (Wildman–Crippen MR) is 45.8 cm³/mol. The number of hydrogen-bond donors (Lipinski definition) is 0. The van der Waals surface area contributed by atoms with Crippen molar-refractivity contribution in [1.82, 2.24) is 0 Å². The molecule has 0 bridgehead atoms. The number of rotatable bonds is 1. The number of para-hydroxylation sites is 1. The lowest BCUT2D eigenvalue weighted by molar-refractivity contribution is -0.139.